The van der Waals surface area contributed by atoms with E-state index in [-0.39, 0.29) is 36.9 Å². The average molecular weight is 410 g/mol. The smallest absolute Gasteiger partial charge is 0.317 e. The number of hydrogen-bond donors (Lipinski definition) is 2. The number of rotatable bonds is 8. The second-order valence-electron chi connectivity index (χ2n) is 7.96. The van der Waals surface area contributed by atoms with Crippen molar-refractivity contribution >= 4 is 24.3 Å². The van der Waals surface area contributed by atoms with E-state index in [1.165, 1.54) is 18.4 Å². The lowest BCUT2D eigenvalue weighted by molar-refractivity contribution is -0.138. The van der Waals surface area contributed by atoms with Gasteiger partial charge in [0.05, 0.1) is 19.1 Å². The second kappa shape index (κ2) is 10.8. The zero-order valence-electron chi connectivity index (χ0n) is 16.5. The van der Waals surface area contributed by atoms with Crippen molar-refractivity contribution in [3.05, 3.63) is 35.9 Å². The van der Waals surface area contributed by atoms with Crippen LogP contribution in [0.1, 0.15) is 43.7 Å². The molecule has 0 aromatic heterocycles. The van der Waals surface area contributed by atoms with Gasteiger partial charge in [-0.1, -0.05) is 30.3 Å². The van der Waals surface area contributed by atoms with Crippen LogP contribution in [0, 0.1) is 5.92 Å². The number of amides is 1. The number of carbonyl (C=O) groups excluding carboxylic acids is 1. The van der Waals surface area contributed by atoms with Crippen molar-refractivity contribution in [2.24, 2.45) is 5.92 Å². The molecular formula is C21H32ClN3O3. The molecule has 1 saturated heterocycles. The Morgan fingerprint density at radius 1 is 1.18 bits per heavy atom. The molecule has 1 saturated carbocycles. The first kappa shape index (κ1) is 22.7. The molecule has 0 bridgehead atoms. The highest BCUT2D eigenvalue weighted by atomic mass is 35.5. The maximum absolute atomic E-state index is 12.7. The van der Waals surface area contributed by atoms with E-state index in [4.69, 9.17) is 5.11 Å². The zero-order valence-corrected chi connectivity index (χ0v) is 17.4. The van der Waals surface area contributed by atoms with Crippen molar-refractivity contribution in [2.75, 3.05) is 33.2 Å². The van der Waals surface area contributed by atoms with Gasteiger partial charge >= 0.3 is 5.97 Å². The number of benzene rings is 1. The lowest BCUT2D eigenvalue weighted by atomic mass is 10.0. The summed E-state index contributed by atoms with van der Waals surface area (Å²) in [5, 5.41) is 12.2. The Labute approximate surface area is 173 Å². The van der Waals surface area contributed by atoms with Gasteiger partial charge in [-0.3, -0.25) is 19.4 Å². The van der Waals surface area contributed by atoms with Crippen LogP contribution in [0.15, 0.2) is 30.3 Å². The Kier molecular flexibility index (Phi) is 8.73. The number of nitrogens with one attached hydrogen (secondary N) is 1. The summed E-state index contributed by atoms with van der Waals surface area (Å²) in [5.74, 6) is -0.132. The minimum atomic E-state index is -0.787. The van der Waals surface area contributed by atoms with Gasteiger partial charge in [0.2, 0.25) is 5.91 Å². The summed E-state index contributed by atoms with van der Waals surface area (Å²) < 4.78 is 0. The SMILES string of the molecule is CN(CC(=O)O)C1CCCN(CC(=O)NC(c2ccccc2)C2CC2)CC1.Cl. The van der Waals surface area contributed by atoms with Crippen LogP contribution in [0.3, 0.4) is 0 Å². The summed E-state index contributed by atoms with van der Waals surface area (Å²) in [7, 11) is 1.88. The second-order valence-corrected chi connectivity index (χ2v) is 7.96. The molecule has 2 aliphatic rings. The summed E-state index contributed by atoms with van der Waals surface area (Å²) >= 11 is 0. The van der Waals surface area contributed by atoms with Crippen LogP contribution in [0.5, 0.6) is 0 Å². The third kappa shape index (κ3) is 6.76. The molecule has 0 spiro atoms. The third-order valence-corrected chi connectivity index (χ3v) is 5.73. The summed E-state index contributed by atoms with van der Waals surface area (Å²) in [5.41, 5.74) is 1.19. The third-order valence-electron chi connectivity index (χ3n) is 5.73. The number of hydrogen-bond acceptors (Lipinski definition) is 4. The number of halogens is 1. The number of likely N-dealkylation sites (tertiary alicyclic amines) is 1. The highest BCUT2D eigenvalue weighted by Gasteiger charge is 2.33. The molecule has 3 rings (SSSR count). The summed E-state index contributed by atoms with van der Waals surface area (Å²) in [6.45, 7) is 2.22. The van der Waals surface area contributed by atoms with Gasteiger partial charge in [-0.05, 0) is 57.2 Å². The van der Waals surface area contributed by atoms with E-state index in [1.807, 2.05) is 30.1 Å². The van der Waals surface area contributed by atoms with E-state index in [0.29, 0.717) is 12.5 Å². The number of likely N-dealkylation sites (N-methyl/N-ethyl adjacent to an activating group) is 1. The molecule has 1 heterocycles. The van der Waals surface area contributed by atoms with Crippen LogP contribution >= 0.6 is 12.4 Å². The molecule has 1 aliphatic carbocycles. The average Bonchev–Trinajstić information content (AvgIpc) is 3.47. The predicted octanol–water partition coefficient (Wildman–Crippen LogP) is 2.55. The zero-order chi connectivity index (χ0) is 19.2. The van der Waals surface area contributed by atoms with Crippen LogP contribution in [0.2, 0.25) is 0 Å². The fraction of sp³-hybridized carbons (Fsp3) is 0.619. The minimum Gasteiger partial charge on any atom is -0.480 e. The number of carbonyl (C=O) groups is 2. The first-order chi connectivity index (χ1) is 13.0. The fourth-order valence-electron chi connectivity index (χ4n) is 4.07. The predicted molar refractivity (Wildman–Crippen MR) is 112 cm³/mol. The van der Waals surface area contributed by atoms with E-state index in [0.717, 1.165) is 32.4 Å². The molecule has 28 heavy (non-hydrogen) atoms. The molecule has 1 aliphatic heterocycles. The monoisotopic (exact) mass is 409 g/mol. The molecule has 156 valence electrons. The maximum atomic E-state index is 12.7. The molecule has 2 unspecified atom stereocenters. The fourth-order valence-corrected chi connectivity index (χ4v) is 4.07. The molecule has 6 nitrogen and oxygen atoms in total. The van der Waals surface area contributed by atoms with Crippen molar-refractivity contribution in [3.63, 3.8) is 0 Å². The largest absolute Gasteiger partial charge is 0.480 e. The normalized spacial score (nSPS) is 21.4. The van der Waals surface area contributed by atoms with Gasteiger partial charge in [-0.2, -0.15) is 0 Å². The number of carboxylic acid groups (broad SMARTS) is 1. The molecule has 7 heteroatoms. The van der Waals surface area contributed by atoms with Crippen molar-refractivity contribution in [1.82, 2.24) is 15.1 Å². The summed E-state index contributed by atoms with van der Waals surface area (Å²) in [6.07, 6.45) is 5.24. The number of nitrogens with zero attached hydrogens (tertiary/aromatic N) is 2. The molecule has 2 fully saturated rings. The van der Waals surface area contributed by atoms with E-state index in [1.54, 1.807) is 0 Å². The van der Waals surface area contributed by atoms with Crippen LogP contribution in [-0.2, 0) is 9.59 Å². The maximum Gasteiger partial charge on any atom is 0.317 e. The van der Waals surface area contributed by atoms with Gasteiger partial charge < -0.3 is 10.4 Å². The number of carboxylic acids is 1. The highest BCUT2D eigenvalue weighted by molar-refractivity contribution is 5.85. The van der Waals surface area contributed by atoms with Crippen molar-refractivity contribution in [3.8, 4) is 0 Å². The molecule has 2 N–H and O–H groups in total. The molecule has 1 amide bonds. The van der Waals surface area contributed by atoms with Gasteiger partial charge in [0.1, 0.15) is 0 Å². The van der Waals surface area contributed by atoms with E-state index in [9.17, 15) is 9.59 Å². The summed E-state index contributed by atoms with van der Waals surface area (Å²) in [4.78, 5) is 27.7. The van der Waals surface area contributed by atoms with Crippen molar-refractivity contribution in [2.45, 2.75) is 44.2 Å². The Balaban J connectivity index is 0.00000280. The lowest BCUT2D eigenvalue weighted by Crippen LogP contribution is -2.40. The Hall–Kier alpha value is -1.63. The minimum absolute atomic E-state index is 0. The van der Waals surface area contributed by atoms with Crippen molar-refractivity contribution in [1.29, 1.82) is 0 Å². The van der Waals surface area contributed by atoms with Gasteiger partial charge in [0.15, 0.2) is 0 Å². The molecule has 2 atom stereocenters. The Morgan fingerprint density at radius 2 is 1.89 bits per heavy atom. The molecule has 0 radical (unpaired) electrons. The molecule has 1 aromatic rings. The standard InChI is InChI=1S/C21H31N3O3.ClH/c1-23(15-20(26)27)18-8-5-12-24(13-11-18)14-19(25)22-21(17-9-10-17)16-6-3-2-4-7-16;/h2-4,6-7,17-18,21H,5,8-15H2,1H3,(H,22,25)(H,26,27);1H. The first-order valence-corrected chi connectivity index (χ1v) is 10.0. The van der Waals surface area contributed by atoms with Gasteiger partial charge in [0, 0.05) is 12.6 Å². The Morgan fingerprint density at radius 3 is 2.54 bits per heavy atom. The van der Waals surface area contributed by atoms with Gasteiger partial charge in [-0.25, -0.2) is 0 Å². The number of aliphatic carboxylic acids is 1. The van der Waals surface area contributed by atoms with E-state index < -0.39 is 5.97 Å². The van der Waals surface area contributed by atoms with Gasteiger partial charge in [0.25, 0.3) is 0 Å². The molecular weight excluding hydrogens is 378 g/mol. The highest BCUT2D eigenvalue weighted by Crippen LogP contribution is 2.40. The first-order valence-electron chi connectivity index (χ1n) is 10.0. The lowest BCUT2D eigenvalue weighted by Gasteiger charge is -2.26. The van der Waals surface area contributed by atoms with Crippen LogP contribution < -0.4 is 5.32 Å². The van der Waals surface area contributed by atoms with Crippen LogP contribution in [0.4, 0.5) is 0 Å². The van der Waals surface area contributed by atoms with E-state index >= 15 is 0 Å². The van der Waals surface area contributed by atoms with Gasteiger partial charge in [-0.15, -0.1) is 12.4 Å². The quantitative estimate of drug-likeness (QED) is 0.690. The Bertz CT molecular complexity index is 639. The van der Waals surface area contributed by atoms with E-state index in [2.05, 4.69) is 22.3 Å². The van der Waals surface area contributed by atoms with Crippen molar-refractivity contribution < 1.29 is 14.7 Å². The topological polar surface area (TPSA) is 72.9 Å². The van der Waals surface area contributed by atoms with Crippen LogP contribution in [0.25, 0.3) is 0 Å². The summed E-state index contributed by atoms with van der Waals surface area (Å²) in [6, 6.07) is 10.7. The molecule has 1 aromatic carbocycles. The van der Waals surface area contributed by atoms with Crippen LogP contribution in [-0.4, -0.2) is 66.1 Å².